The largest absolute Gasteiger partial charge is 0.370 e. The van der Waals surface area contributed by atoms with Gasteiger partial charge in [0.1, 0.15) is 0 Å². The summed E-state index contributed by atoms with van der Waals surface area (Å²) in [7, 11) is 0. The van der Waals surface area contributed by atoms with E-state index in [9.17, 15) is 0 Å². The van der Waals surface area contributed by atoms with Gasteiger partial charge in [0, 0.05) is 6.54 Å². The van der Waals surface area contributed by atoms with Gasteiger partial charge in [-0.15, -0.1) is 0 Å². The van der Waals surface area contributed by atoms with Gasteiger partial charge in [-0.05, 0) is 57.4 Å². The molecule has 0 aromatic rings. The highest BCUT2D eigenvalue weighted by Gasteiger charge is 2.37. The first-order valence-corrected chi connectivity index (χ1v) is 9.66. The van der Waals surface area contributed by atoms with Crippen molar-refractivity contribution < 1.29 is 4.74 Å². The van der Waals surface area contributed by atoms with E-state index in [2.05, 4.69) is 19.2 Å². The fourth-order valence-corrected chi connectivity index (χ4v) is 4.15. The fourth-order valence-electron chi connectivity index (χ4n) is 4.15. The van der Waals surface area contributed by atoms with Crippen molar-refractivity contribution in [3.63, 3.8) is 0 Å². The number of rotatable bonds is 7. The lowest BCUT2D eigenvalue weighted by atomic mass is 9.77. The number of ether oxygens (including phenoxy) is 1. The van der Waals surface area contributed by atoms with Crippen LogP contribution in [0, 0.1) is 5.92 Å². The molecule has 0 aromatic carbocycles. The van der Waals surface area contributed by atoms with Gasteiger partial charge in [0.2, 0.25) is 0 Å². The smallest absolute Gasteiger partial charge is 0.0810 e. The minimum absolute atomic E-state index is 0.149. The van der Waals surface area contributed by atoms with E-state index in [1.54, 1.807) is 0 Å². The minimum atomic E-state index is 0.149. The molecular weight excluding hydrogens is 258 g/mol. The molecule has 0 spiro atoms. The molecule has 2 saturated carbocycles. The van der Waals surface area contributed by atoms with Crippen molar-refractivity contribution in [2.45, 2.75) is 103 Å². The van der Waals surface area contributed by atoms with Crippen LogP contribution in [0.25, 0.3) is 0 Å². The van der Waals surface area contributed by atoms with Gasteiger partial charge in [0.05, 0.1) is 11.7 Å². The molecule has 2 fully saturated rings. The molecule has 2 nitrogen and oxygen atoms in total. The third-order valence-electron chi connectivity index (χ3n) is 5.69. The quantitative estimate of drug-likeness (QED) is 0.523. The normalized spacial score (nSPS) is 32.0. The number of hydrogen-bond acceptors (Lipinski definition) is 2. The van der Waals surface area contributed by atoms with E-state index in [1.165, 1.54) is 77.0 Å². The van der Waals surface area contributed by atoms with Crippen LogP contribution in [-0.4, -0.2) is 24.8 Å². The van der Waals surface area contributed by atoms with E-state index in [4.69, 9.17) is 4.74 Å². The Kier molecular flexibility index (Phi) is 7.53. The average Bonchev–Trinajstić information content (AvgIpc) is 2.77. The summed E-state index contributed by atoms with van der Waals surface area (Å²) in [6.07, 6.45) is 16.6. The first kappa shape index (κ1) is 17.3. The molecule has 0 amide bonds. The maximum absolute atomic E-state index is 6.78. The molecule has 2 aliphatic carbocycles. The molecule has 0 bridgehead atoms. The zero-order valence-electron chi connectivity index (χ0n) is 14.5. The summed E-state index contributed by atoms with van der Waals surface area (Å²) in [6, 6.07) is 0. The van der Waals surface area contributed by atoms with E-state index >= 15 is 0 Å². The van der Waals surface area contributed by atoms with E-state index in [0.717, 1.165) is 19.0 Å². The Bertz CT molecular complexity index is 257. The fraction of sp³-hybridized carbons (Fsp3) is 1.00. The second-order valence-corrected chi connectivity index (χ2v) is 7.44. The molecule has 124 valence electrons. The second kappa shape index (κ2) is 9.15. The molecule has 2 aliphatic rings. The third kappa shape index (κ3) is 5.56. The van der Waals surface area contributed by atoms with Crippen LogP contribution in [0.3, 0.4) is 0 Å². The summed E-state index contributed by atoms with van der Waals surface area (Å²) in [6.45, 7) is 6.81. The monoisotopic (exact) mass is 295 g/mol. The molecule has 0 aromatic heterocycles. The van der Waals surface area contributed by atoms with Crippen LogP contribution < -0.4 is 5.32 Å². The van der Waals surface area contributed by atoms with Crippen molar-refractivity contribution in [3.8, 4) is 0 Å². The van der Waals surface area contributed by atoms with E-state index in [-0.39, 0.29) is 5.60 Å². The van der Waals surface area contributed by atoms with Crippen molar-refractivity contribution in [1.29, 1.82) is 0 Å². The van der Waals surface area contributed by atoms with Crippen molar-refractivity contribution in [2.75, 3.05) is 13.1 Å². The lowest BCUT2D eigenvalue weighted by molar-refractivity contribution is -0.121. The Morgan fingerprint density at radius 1 is 0.952 bits per heavy atom. The van der Waals surface area contributed by atoms with Crippen molar-refractivity contribution in [1.82, 2.24) is 5.32 Å². The molecule has 2 rings (SSSR count). The Morgan fingerprint density at radius 2 is 1.62 bits per heavy atom. The summed E-state index contributed by atoms with van der Waals surface area (Å²) in [5.74, 6) is 0.946. The highest BCUT2D eigenvalue weighted by molar-refractivity contribution is 4.90. The second-order valence-electron chi connectivity index (χ2n) is 7.44. The van der Waals surface area contributed by atoms with Crippen molar-refractivity contribution >= 4 is 0 Å². The Balaban J connectivity index is 1.90. The molecule has 0 unspecified atom stereocenters. The van der Waals surface area contributed by atoms with E-state index in [0.29, 0.717) is 6.10 Å². The molecule has 0 radical (unpaired) electrons. The molecular formula is C19H37NO. The number of hydrogen-bond donors (Lipinski definition) is 1. The standard InChI is InChI=1S/C19H37NO/c1-3-15-20-16-19(13-11-17(4-2)12-14-19)21-18-9-7-5-6-8-10-18/h17-18,20H,3-16H2,1-2H3. The topological polar surface area (TPSA) is 21.3 Å². The lowest BCUT2D eigenvalue weighted by Gasteiger charge is -2.42. The van der Waals surface area contributed by atoms with Crippen molar-refractivity contribution in [2.24, 2.45) is 5.92 Å². The predicted octanol–water partition coefficient (Wildman–Crippen LogP) is 5.06. The van der Waals surface area contributed by atoms with Gasteiger partial charge in [-0.3, -0.25) is 0 Å². The van der Waals surface area contributed by atoms with Crippen LogP contribution in [0.5, 0.6) is 0 Å². The minimum Gasteiger partial charge on any atom is -0.370 e. The predicted molar refractivity (Wildman–Crippen MR) is 90.7 cm³/mol. The summed E-state index contributed by atoms with van der Waals surface area (Å²) < 4.78 is 6.78. The molecule has 1 N–H and O–H groups in total. The first-order chi connectivity index (χ1) is 10.3. The number of nitrogens with one attached hydrogen (secondary N) is 1. The van der Waals surface area contributed by atoms with Gasteiger partial charge >= 0.3 is 0 Å². The van der Waals surface area contributed by atoms with Gasteiger partial charge in [-0.2, -0.15) is 0 Å². The van der Waals surface area contributed by atoms with Gasteiger partial charge < -0.3 is 10.1 Å². The van der Waals surface area contributed by atoms with Gasteiger partial charge in [-0.1, -0.05) is 46.0 Å². The lowest BCUT2D eigenvalue weighted by Crippen LogP contribution is -2.48. The Hall–Kier alpha value is -0.0800. The molecule has 0 heterocycles. The summed E-state index contributed by atoms with van der Waals surface area (Å²) in [4.78, 5) is 0. The zero-order chi connectivity index (χ0) is 15.0. The van der Waals surface area contributed by atoms with Crippen LogP contribution in [-0.2, 0) is 4.74 Å². The van der Waals surface area contributed by atoms with Gasteiger partial charge in [-0.25, -0.2) is 0 Å². The summed E-state index contributed by atoms with van der Waals surface area (Å²) in [5.41, 5.74) is 0.149. The summed E-state index contributed by atoms with van der Waals surface area (Å²) in [5, 5.41) is 3.66. The highest BCUT2D eigenvalue weighted by Crippen LogP contribution is 2.38. The molecule has 2 heteroatoms. The Morgan fingerprint density at radius 3 is 2.19 bits per heavy atom. The molecule has 21 heavy (non-hydrogen) atoms. The maximum Gasteiger partial charge on any atom is 0.0810 e. The maximum atomic E-state index is 6.78. The van der Waals surface area contributed by atoms with Gasteiger partial charge in [0.15, 0.2) is 0 Å². The SMILES string of the molecule is CCCNCC1(OC2CCCCCC2)CCC(CC)CC1. The molecule has 0 atom stereocenters. The molecule has 0 aliphatic heterocycles. The van der Waals surface area contributed by atoms with Crippen LogP contribution in [0.15, 0.2) is 0 Å². The average molecular weight is 296 g/mol. The zero-order valence-corrected chi connectivity index (χ0v) is 14.5. The first-order valence-electron chi connectivity index (χ1n) is 9.66. The van der Waals surface area contributed by atoms with Gasteiger partial charge in [0.25, 0.3) is 0 Å². The van der Waals surface area contributed by atoms with Crippen LogP contribution in [0.1, 0.15) is 90.9 Å². The van der Waals surface area contributed by atoms with E-state index in [1.807, 2.05) is 0 Å². The third-order valence-corrected chi connectivity index (χ3v) is 5.69. The Labute approximate surface area is 132 Å². The van der Waals surface area contributed by atoms with E-state index < -0.39 is 0 Å². The highest BCUT2D eigenvalue weighted by atomic mass is 16.5. The van der Waals surface area contributed by atoms with Crippen LogP contribution in [0.4, 0.5) is 0 Å². The van der Waals surface area contributed by atoms with Crippen molar-refractivity contribution in [3.05, 3.63) is 0 Å². The molecule has 0 saturated heterocycles. The van der Waals surface area contributed by atoms with Crippen LogP contribution in [0.2, 0.25) is 0 Å². The van der Waals surface area contributed by atoms with Crippen LogP contribution >= 0.6 is 0 Å². The summed E-state index contributed by atoms with van der Waals surface area (Å²) >= 11 is 0.